The Hall–Kier alpha value is -5.71. The normalized spacial score (nSPS) is 19.1. The molecule has 52 heavy (non-hydrogen) atoms. The number of aromatic nitrogens is 2. The van der Waals surface area contributed by atoms with Gasteiger partial charge in [-0.15, -0.1) is 0 Å². The second kappa shape index (κ2) is 13.8. The molecule has 3 aliphatic rings. The van der Waals surface area contributed by atoms with Crippen LogP contribution in [0.4, 0.5) is 16.3 Å². The molecular formula is C41H46N6O5. The maximum atomic E-state index is 14.2. The Morgan fingerprint density at radius 1 is 0.904 bits per heavy atom. The molecule has 2 saturated heterocycles. The second-order valence-electron chi connectivity index (χ2n) is 14.6. The number of anilines is 2. The van der Waals surface area contributed by atoms with E-state index in [0.717, 1.165) is 57.7 Å². The number of hydrogen-bond acceptors (Lipinski definition) is 8. The van der Waals surface area contributed by atoms with E-state index in [-0.39, 0.29) is 17.0 Å². The Balaban J connectivity index is 1.11. The molecule has 270 valence electrons. The third-order valence-electron chi connectivity index (χ3n) is 10.6. The first-order valence-electron chi connectivity index (χ1n) is 17.5. The average Bonchev–Trinajstić information content (AvgIpc) is 3.65. The van der Waals surface area contributed by atoms with Crippen LogP contribution >= 0.6 is 0 Å². The summed E-state index contributed by atoms with van der Waals surface area (Å²) in [4.78, 5) is 33.1. The first kappa shape index (κ1) is 34.7. The molecule has 11 heteroatoms. The summed E-state index contributed by atoms with van der Waals surface area (Å²) in [5.74, 6) is 2.77. The van der Waals surface area contributed by atoms with Crippen LogP contribution in [0.1, 0.15) is 37.8 Å². The zero-order valence-electron chi connectivity index (χ0n) is 30.4. The minimum atomic E-state index is -0.574. The number of fused-ring (bicyclic) bond motifs is 2. The molecule has 2 aromatic heterocycles. The van der Waals surface area contributed by atoms with Crippen LogP contribution in [0.25, 0.3) is 10.8 Å². The van der Waals surface area contributed by atoms with E-state index >= 15 is 0 Å². The van der Waals surface area contributed by atoms with Gasteiger partial charge in [0.15, 0.2) is 0 Å². The van der Waals surface area contributed by atoms with Crippen LogP contribution in [0.15, 0.2) is 102 Å². The molecule has 2 amide bonds. The number of urea groups is 1. The average molecular weight is 703 g/mol. The summed E-state index contributed by atoms with van der Waals surface area (Å²) in [5, 5.41) is 12.5. The molecule has 1 saturated carbocycles. The molecule has 0 unspecified atom stereocenters. The third-order valence-corrected chi connectivity index (χ3v) is 10.6. The Bertz CT molecular complexity index is 2140. The van der Waals surface area contributed by atoms with Crippen molar-refractivity contribution >= 4 is 28.3 Å². The van der Waals surface area contributed by atoms with E-state index in [0.29, 0.717) is 32.0 Å². The van der Waals surface area contributed by atoms with E-state index in [1.165, 1.54) is 10.6 Å². The van der Waals surface area contributed by atoms with E-state index in [1.54, 1.807) is 33.5 Å². The SMILES string of the molecule is COc1ccc(CNc2nccc3c(NCC45CC(COc6ccn(C)c(=O)c6)(CN4C(=O)NC(C)(C)c4ccccc4)C5)cccc23)c(OC)c1. The fourth-order valence-electron chi connectivity index (χ4n) is 7.86. The molecule has 3 N–H and O–H groups in total. The molecule has 5 aromatic rings. The lowest BCUT2D eigenvalue weighted by Gasteiger charge is -2.48. The van der Waals surface area contributed by atoms with Crippen LogP contribution in [0.5, 0.6) is 17.2 Å². The number of rotatable bonds is 13. The van der Waals surface area contributed by atoms with Crippen LogP contribution in [0.2, 0.25) is 0 Å². The summed E-state index contributed by atoms with van der Waals surface area (Å²) in [6, 6.07) is 27.2. The number of ether oxygens (including phenoxy) is 3. The standard InChI is InChI=1S/C41H46N6O5/c1-39(2,29-10-7-6-8-11-29)45-38(49)47-26-40(27-52-31-17-19-46(3)36(48)21-31)23-41(47,24-40)25-44-34-13-9-12-33-32(34)16-18-42-37(33)43-22-28-14-15-30(50-4)20-35(28)51-5/h6-21,44H,22-27H2,1-5H3,(H,42,43)(H,45,49). The zero-order chi connectivity index (χ0) is 36.5. The van der Waals surface area contributed by atoms with E-state index < -0.39 is 11.1 Å². The minimum Gasteiger partial charge on any atom is -0.497 e. The maximum Gasteiger partial charge on any atom is 0.318 e. The summed E-state index contributed by atoms with van der Waals surface area (Å²) in [6.07, 6.45) is 5.07. The Kier molecular flexibility index (Phi) is 9.20. The molecule has 3 aromatic carbocycles. The highest BCUT2D eigenvalue weighted by Gasteiger charge is 2.67. The van der Waals surface area contributed by atoms with Crippen LogP contribution < -0.4 is 35.7 Å². The zero-order valence-corrected chi connectivity index (χ0v) is 30.4. The van der Waals surface area contributed by atoms with E-state index in [4.69, 9.17) is 14.2 Å². The molecule has 0 spiro atoms. The van der Waals surface area contributed by atoms with Gasteiger partial charge in [-0.05, 0) is 62.6 Å². The molecule has 0 radical (unpaired) electrons. The van der Waals surface area contributed by atoms with Crippen LogP contribution in [-0.4, -0.2) is 59.9 Å². The highest BCUT2D eigenvalue weighted by molar-refractivity contribution is 6.00. The van der Waals surface area contributed by atoms with Crippen molar-refractivity contribution in [1.82, 2.24) is 19.8 Å². The van der Waals surface area contributed by atoms with Gasteiger partial charge >= 0.3 is 6.03 Å². The number of aryl methyl sites for hydroxylation is 1. The largest absolute Gasteiger partial charge is 0.497 e. The number of nitrogens with one attached hydrogen (secondary N) is 3. The Labute approximate surface area is 303 Å². The number of carbonyl (C=O) groups excluding carboxylic acids is 1. The molecule has 4 heterocycles. The number of nitrogens with zero attached hydrogens (tertiary/aromatic N) is 3. The summed E-state index contributed by atoms with van der Waals surface area (Å²) in [6.45, 7) is 6.11. The van der Waals surface area contributed by atoms with Crippen molar-refractivity contribution < 1.29 is 19.0 Å². The monoisotopic (exact) mass is 702 g/mol. The van der Waals surface area contributed by atoms with E-state index in [2.05, 4.69) is 33.1 Å². The third kappa shape index (κ3) is 6.70. The molecular weight excluding hydrogens is 656 g/mol. The van der Waals surface area contributed by atoms with Crippen molar-refractivity contribution in [1.29, 1.82) is 0 Å². The highest BCUT2D eigenvalue weighted by Crippen LogP contribution is 2.59. The number of methoxy groups -OCH3 is 2. The van der Waals surface area contributed by atoms with Crippen molar-refractivity contribution in [3.05, 3.63) is 119 Å². The summed E-state index contributed by atoms with van der Waals surface area (Å²) < 4.78 is 18.7. The first-order valence-corrected chi connectivity index (χ1v) is 17.5. The Morgan fingerprint density at radius 2 is 1.71 bits per heavy atom. The fourth-order valence-corrected chi connectivity index (χ4v) is 7.86. The second-order valence-corrected chi connectivity index (χ2v) is 14.6. The van der Waals surface area contributed by atoms with Gasteiger partial charge in [-0.1, -0.05) is 42.5 Å². The number of carbonyl (C=O) groups is 1. The lowest BCUT2D eigenvalue weighted by Crippen LogP contribution is -2.59. The van der Waals surface area contributed by atoms with Gasteiger partial charge < -0.3 is 39.6 Å². The van der Waals surface area contributed by atoms with E-state index in [1.807, 2.05) is 85.6 Å². The topological polar surface area (TPSA) is 119 Å². The van der Waals surface area contributed by atoms with Crippen LogP contribution in [-0.2, 0) is 19.1 Å². The van der Waals surface area contributed by atoms with Crippen molar-refractivity contribution in [2.45, 2.75) is 44.3 Å². The highest BCUT2D eigenvalue weighted by atomic mass is 16.5. The molecule has 0 atom stereocenters. The number of hydrogen-bond donors (Lipinski definition) is 3. The van der Waals surface area contributed by atoms with Gasteiger partial charge in [-0.25, -0.2) is 9.78 Å². The van der Waals surface area contributed by atoms with Crippen LogP contribution in [0.3, 0.4) is 0 Å². The van der Waals surface area contributed by atoms with Crippen LogP contribution in [0, 0.1) is 5.41 Å². The van der Waals surface area contributed by atoms with Crippen molar-refractivity contribution in [3.8, 4) is 17.2 Å². The van der Waals surface area contributed by atoms with Gasteiger partial charge in [0.05, 0.1) is 31.9 Å². The smallest absolute Gasteiger partial charge is 0.318 e. The predicted molar refractivity (Wildman–Crippen MR) is 203 cm³/mol. The summed E-state index contributed by atoms with van der Waals surface area (Å²) >= 11 is 0. The summed E-state index contributed by atoms with van der Waals surface area (Å²) in [5.41, 5.74) is 1.64. The minimum absolute atomic E-state index is 0.105. The van der Waals surface area contributed by atoms with Crippen molar-refractivity contribution in [2.24, 2.45) is 12.5 Å². The lowest BCUT2D eigenvalue weighted by atomic mass is 9.62. The fraction of sp³-hybridized carbons (Fsp3) is 0.341. The molecule has 1 aliphatic carbocycles. The maximum absolute atomic E-state index is 14.2. The molecule has 3 fully saturated rings. The van der Waals surface area contributed by atoms with Crippen molar-refractivity contribution in [3.63, 3.8) is 0 Å². The van der Waals surface area contributed by atoms with E-state index in [9.17, 15) is 9.59 Å². The number of amides is 2. The number of pyridine rings is 2. The van der Waals surface area contributed by atoms with Gasteiger partial charge in [-0.2, -0.15) is 0 Å². The quantitative estimate of drug-likeness (QED) is 0.127. The number of benzene rings is 3. The molecule has 2 bridgehead atoms. The Morgan fingerprint density at radius 3 is 2.46 bits per heavy atom. The predicted octanol–water partition coefficient (Wildman–Crippen LogP) is 6.53. The molecule has 2 aliphatic heterocycles. The molecule has 8 rings (SSSR count). The van der Waals surface area contributed by atoms with Gasteiger partial charge in [0.2, 0.25) is 0 Å². The summed E-state index contributed by atoms with van der Waals surface area (Å²) in [7, 11) is 5.00. The first-order chi connectivity index (χ1) is 25.0. The molecule has 11 nitrogen and oxygen atoms in total. The van der Waals surface area contributed by atoms with Gasteiger partial charge in [-0.3, -0.25) is 4.79 Å². The van der Waals surface area contributed by atoms with Crippen molar-refractivity contribution in [2.75, 3.05) is 44.5 Å². The van der Waals surface area contributed by atoms with Gasteiger partial charge in [0.1, 0.15) is 23.1 Å². The lowest BCUT2D eigenvalue weighted by molar-refractivity contribution is 0.0438. The van der Waals surface area contributed by atoms with Gasteiger partial charge in [0.25, 0.3) is 5.56 Å². The van der Waals surface area contributed by atoms with Gasteiger partial charge in [0, 0.05) is 78.6 Å².